The molecule has 6 nitrogen and oxygen atoms in total. The Hall–Kier alpha value is -2.63. The lowest BCUT2D eigenvalue weighted by atomic mass is 9.89. The maximum Gasteiger partial charge on any atom is 0.289 e. The summed E-state index contributed by atoms with van der Waals surface area (Å²) in [6.07, 6.45) is 8.97. The van der Waals surface area contributed by atoms with Crippen LogP contribution in [0.15, 0.2) is 34.9 Å². The second kappa shape index (κ2) is 9.02. The van der Waals surface area contributed by atoms with Gasteiger partial charge < -0.3 is 14.2 Å². The number of piperidine rings is 1. The first-order valence-electron chi connectivity index (χ1n) is 11.1. The van der Waals surface area contributed by atoms with Gasteiger partial charge in [0.1, 0.15) is 0 Å². The number of hydrogen-bond donors (Lipinski definition) is 0. The van der Waals surface area contributed by atoms with Crippen molar-refractivity contribution in [3.05, 3.63) is 53.2 Å². The normalized spacial score (nSPS) is 18.4. The standard InChI is InChI=1S/C24H31N3O3/c1-17-10-11-20(23(28)26(2)19-7-4-3-5-8-19)22(25-17)18-12-14-27(15-13-18)24(29)21-9-6-16-30-21/h6,9-11,16,18-19H,3-5,7-8,12-15H2,1-2H3. The minimum atomic E-state index is -0.0658. The zero-order valence-corrected chi connectivity index (χ0v) is 18.0. The van der Waals surface area contributed by atoms with Crippen LogP contribution in [0.3, 0.4) is 0 Å². The Morgan fingerprint density at radius 2 is 1.80 bits per heavy atom. The molecule has 2 aliphatic rings. The van der Waals surface area contributed by atoms with Gasteiger partial charge in [0.05, 0.1) is 17.5 Å². The highest BCUT2D eigenvalue weighted by atomic mass is 16.3. The van der Waals surface area contributed by atoms with E-state index >= 15 is 0 Å². The number of nitrogens with zero attached hydrogens (tertiary/aromatic N) is 3. The van der Waals surface area contributed by atoms with Gasteiger partial charge in [-0.1, -0.05) is 19.3 Å². The summed E-state index contributed by atoms with van der Waals surface area (Å²) in [6, 6.07) is 7.64. The Morgan fingerprint density at radius 3 is 2.47 bits per heavy atom. The quantitative estimate of drug-likeness (QED) is 0.750. The number of carbonyl (C=O) groups is 2. The van der Waals surface area contributed by atoms with E-state index in [0.29, 0.717) is 24.9 Å². The molecule has 1 aliphatic heterocycles. The number of likely N-dealkylation sites (tertiary alicyclic amines) is 1. The molecule has 30 heavy (non-hydrogen) atoms. The Morgan fingerprint density at radius 1 is 1.07 bits per heavy atom. The Kier molecular flexibility index (Phi) is 6.21. The van der Waals surface area contributed by atoms with Gasteiger partial charge in [0, 0.05) is 37.8 Å². The molecule has 0 atom stereocenters. The van der Waals surface area contributed by atoms with E-state index in [1.807, 2.05) is 35.9 Å². The molecule has 1 saturated heterocycles. The molecule has 4 rings (SSSR count). The first kappa shape index (κ1) is 20.6. The number of hydrogen-bond acceptors (Lipinski definition) is 4. The molecule has 2 fully saturated rings. The fraction of sp³-hybridized carbons (Fsp3) is 0.542. The minimum Gasteiger partial charge on any atom is -0.459 e. The maximum absolute atomic E-state index is 13.4. The largest absolute Gasteiger partial charge is 0.459 e. The molecule has 0 N–H and O–H groups in total. The van der Waals surface area contributed by atoms with Gasteiger partial charge in [-0.05, 0) is 56.9 Å². The molecule has 0 aromatic carbocycles. The number of rotatable bonds is 4. The van der Waals surface area contributed by atoms with Gasteiger partial charge in [0.25, 0.3) is 11.8 Å². The molecule has 0 spiro atoms. The summed E-state index contributed by atoms with van der Waals surface area (Å²) in [5.41, 5.74) is 2.55. The monoisotopic (exact) mass is 409 g/mol. The minimum absolute atomic E-state index is 0.0658. The molecular formula is C24H31N3O3. The van der Waals surface area contributed by atoms with Crippen molar-refractivity contribution < 1.29 is 14.0 Å². The highest BCUT2D eigenvalue weighted by molar-refractivity contribution is 5.95. The molecule has 0 bridgehead atoms. The smallest absolute Gasteiger partial charge is 0.289 e. The van der Waals surface area contributed by atoms with Crippen LogP contribution in [0.1, 0.15) is 83.2 Å². The molecule has 160 valence electrons. The molecule has 2 amide bonds. The van der Waals surface area contributed by atoms with Gasteiger partial charge in [-0.15, -0.1) is 0 Å². The number of aromatic nitrogens is 1. The molecule has 3 heterocycles. The third-order valence-electron chi connectivity index (χ3n) is 6.64. The van der Waals surface area contributed by atoms with E-state index < -0.39 is 0 Å². The van der Waals surface area contributed by atoms with Crippen molar-refractivity contribution in [1.29, 1.82) is 0 Å². The van der Waals surface area contributed by atoms with E-state index in [1.165, 1.54) is 25.5 Å². The van der Waals surface area contributed by atoms with Crippen molar-refractivity contribution in [3.63, 3.8) is 0 Å². The first-order chi connectivity index (χ1) is 14.5. The first-order valence-corrected chi connectivity index (χ1v) is 11.1. The zero-order chi connectivity index (χ0) is 21.1. The predicted octanol–water partition coefficient (Wildman–Crippen LogP) is 4.41. The highest BCUT2D eigenvalue weighted by Crippen LogP contribution is 2.31. The average molecular weight is 410 g/mol. The van der Waals surface area contributed by atoms with Gasteiger partial charge in [-0.2, -0.15) is 0 Å². The van der Waals surface area contributed by atoms with Crippen molar-refractivity contribution in [2.75, 3.05) is 20.1 Å². The van der Waals surface area contributed by atoms with Gasteiger partial charge in [-0.3, -0.25) is 14.6 Å². The maximum atomic E-state index is 13.4. The lowest BCUT2D eigenvalue weighted by Gasteiger charge is -2.34. The van der Waals surface area contributed by atoms with Crippen molar-refractivity contribution in [2.24, 2.45) is 0 Å². The van der Waals surface area contributed by atoms with Gasteiger partial charge >= 0.3 is 0 Å². The van der Waals surface area contributed by atoms with Gasteiger partial charge in [0.2, 0.25) is 0 Å². The SMILES string of the molecule is Cc1ccc(C(=O)N(C)C2CCCCC2)c(C2CCN(C(=O)c3ccco3)CC2)n1. The van der Waals surface area contributed by atoms with E-state index in [0.717, 1.165) is 42.6 Å². The van der Waals surface area contributed by atoms with Crippen LogP contribution in [0.5, 0.6) is 0 Å². The Bertz CT molecular complexity index is 879. The van der Waals surface area contributed by atoms with Gasteiger partial charge in [0.15, 0.2) is 5.76 Å². The van der Waals surface area contributed by atoms with E-state index in [9.17, 15) is 9.59 Å². The number of aryl methyl sites for hydroxylation is 1. The fourth-order valence-electron chi connectivity index (χ4n) is 4.81. The molecule has 0 unspecified atom stereocenters. The topological polar surface area (TPSA) is 66.7 Å². The van der Waals surface area contributed by atoms with E-state index in [4.69, 9.17) is 9.40 Å². The summed E-state index contributed by atoms with van der Waals surface area (Å²) in [4.78, 5) is 34.5. The summed E-state index contributed by atoms with van der Waals surface area (Å²) in [6.45, 7) is 3.26. The van der Waals surface area contributed by atoms with E-state index in [-0.39, 0.29) is 17.7 Å². The fourth-order valence-corrected chi connectivity index (χ4v) is 4.81. The summed E-state index contributed by atoms with van der Waals surface area (Å²) < 4.78 is 5.26. The van der Waals surface area contributed by atoms with Crippen molar-refractivity contribution in [1.82, 2.24) is 14.8 Å². The Balaban J connectivity index is 1.48. The molecular weight excluding hydrogens is 378 g/mol. The summed E-state index contributed by atoms with van der Waals surface area (Å²) in [5.74, 6) is 0.582. The van der Waals surface area contributed by atoms with Gasteiger partial charge in [-0.25, -0.2) is 0 Å². The molecule has 2 aromatic rings. The van der Waals surface area contributed by atoms with Crippen LogP contribution in [-0.2, 0) is 0 Å². The van der Waals surface area contributed by atoms with Crippen molar-refractivity contribution >= 4 is 11.8 Å². The van der Waals surface area contributed by atoms with E-state index in [2.05, 4.69) is 0 Å². The lowest BCUT2D eigenvalue weighted by Crippen LogP contribution is -2.40. The summed E-state index contributed by atoms with van der Waals surface area (Å²) in [7, 11) is 1.94. The molecule has 1 saturated carbocycles. The van der Waals surface area contributed by atoms with E-state index in [1.54, 1.807) is 12.1 Å². The Labute approximate surface area is 178 Å². The number of amides is 2. The highest BCUT2D eigenvalue weighted by Gasteiger charge is 2.31. The molecule has 1 aliphatic carbocycles. The third-order valence-corrected chi connectivity index (χ3v) is 6.64. The van der Waals surface area contributed by atoms with Crippen LogP contribution in [0.25, 0.3) is 0 Å². The molecule has 6 heteroatoms. The van der Waals surface area contributed by atoms with Crippen LogP contribution >= 0.6 is 0 Å². The van der Waals surface area contributed by atoms with Crippen LogP contribution < -0.4 is 0 Å². The summed E-state index contributed by atoms with van der Waals surface area (Å²) in [5, 5.41) is 0. The summed E-state index contributed by atoms with van der Waals surface area (Å²) >= 11 is 0. The number of pyridine rings is 1. The second-order valence-electron chi connectivity index (χ2n) is 8.64. The predicted molar refractivity (Wildman–Crippen MR) is 115 cm³/mol. The number of furan rings is 1. The second-order valence-corrected chi connectivity index (χ2v) is 8.64. The molecule has 0 radical (unpaired) electrons. The van der Waals surface area contributed by atoms with Crippen LogP contribution in [0.4, 0.5) is 0 Å². The lowest BCUT2D eigenvalue weighted by molar-refractivity contribution is 0.0665. The molecule has 2 aromatic heterocycles. The van der Waals surface area contributed by atoms with Crippen LogP contribution in [0, 0.1) is 6.92 Å². The average Bonchev–Trinajstić information content (AvgIpc) is 3.33. The van der Waals surface area contributed by atoms with Crippen LogP contribution in [0.2, 0.25) is 0 Å². The van der Waals surface area contributed by atoms with Crippen LogP contribution in [-0.4, -0.2) is 52.8 Å². The van der Waals surface area contributed by atoms with Crippen molar-refractivity contribution in [2.45, 2.75) is 63.8 Å². The number of carbonyl (C=O) groups excluding carboxylic acids is 2. The third kappa shape index (κ3) is 4.27. The zero-order valence-electron chi connectivity index (χ0n) is 18.0. The van der Waals surface area contributed by atoms with Crippen molar-refractivity contribution in [3.8, 4) is 0 Å².